The minimum absolute atomic E-state index is 0.0843. The summed E-state index contributed by atoms with van der Waals surface area (Å²) in [5.41, 5.74) is 2.70. The number of hydrogen-bond donors (Lipinski definition) is 1. The maximum atomic E-state index is 12.0. The van der Waals surface area contributed by atoms with Gasteiger partial charge in [0.25, 0.3) is 0 Å². The van der Waals surface area contributed by atoms with Gasteiger partial charge in [-0.25, -0.2) is 4.98 Å². The van der Waals surface area contributed by atoms with E-state index in [2.05, 4.69) is 22.1 Å². The Balaban J connectivity index is 1.52. The van der Waals surface area contributed by atoms with Crippen LogP contribution in [0.1, 0.15) is 11.3 Å². The van der Waals surface area contributed by atoms with Crippen molar-refractivity contribution in [1.82, 2.24) is 10.3 Å². The molecule has 0 aliphatic heterocycles. The second-order valence-corrected chi connectivity index (χ2v) is 6.35. The summed E-state index contributed by atoms with van der Waals surface area (Å²) < 4.78 is 5.16. The summed E-state index contributed by atoms with van der Waals surface area (Å²) >= 11 is 1.52. The first kappa shape index (κ1) is 17.7. The first-order valence-corrected chi connectivity index (χ1v) is 9.02. The molecule has 5 heteroatoms. The van der Waals surface area contributed by atoms with Gasteiger partial charge in [0.05, 0.1) is 25.8 Å². The van der Waals surface area contributed by atoms with E-state index >= 15 is 0 Å². The van der Waals surface area contributed by atoms with Crippen LogP contribution in [0.25, 0.3) is 10.6 Å². The molecule has 1 aromatic heterocycles. The molecule has 0 saturated heterocycles. The van der Waals surface area contributed by atoms with Gasteiger partial charge in [-0.2, -0.15) is 0 Å². The molecule has 26 heavy (non-hydrogen) atoms. The zero-order valence-electron chi connectivity index (χ0n) is 14.4. The fraction of sp³-hybridized carbons (Fsp3) is 0.143. The Labute approximate surface area is 156 Å². The lowest BCUT2D eigenvalue weighted by Crippen LogP contribution is -2.25. The molecule has 0 radical (unpaired) electrons. The number of carbonyl (C=O) groups excluding carboxylic acids is 1. The zero-order chi connectivity index (χ0) is 18.2. The molecular formula is C21H18N2O2S. The molecule has 0 spiro atoms. The molecule has 130 valence electrons. The lowest BCUT2D eigenvalue weighted by molar-refractivity contribution is -0.120. The van der Waals surface area contributed by atoms with Crippen molar-refractivity contribution in [3.05, 3.63) is 71.2 Å². The summed E-state index contributed by atoms with van der Waals surface area (Å²) in [5, 5.41) is 5.60. The summed E-state index contributed by atoms with van der Waals surface area (Å²) in [7, 11) is 1.64. The van der Waals surface area contributed by atoms with Gasteiger partial charge in [-0.15, -0.1) is 11.3 Å². The number of carbonyl (C=O) groups is 1. The Morgan fingerprint density at radius 2 is 1.92 bits per heavy atom. The molecule has 0 unspecified atom stereocenters. The average molecular weight is 362 g/mol. The van der Waals surface area contributed by atoms with Crippen LogP contribution in [0.4, 0.5) is 0 Å². The Hall–Kier alpha value is -3.10. The number of rotatable bonds is 5. The van der Waals surface area contributed by atoms with E-state index in [-0.39, 0.29) is 12.3 Å². The van der Waals surface area contributed by atoms with Crippen LogP contribution in [0, 0.1) is 11.8 Å². The van der Waals surface area contributed by atoms with Crippen molar-refractivity contribution in [2.45, 2.75) is 6.42 Å². The zero-order valence-corrected chi connectivity index (χ0v) is 15.2. The van der Waals surface area contributed by atoms with E-state index in [0.717, 1.165) is 27.6 Å². The third-order valence-corrected chi connectivity index (χ3v) is 4.55. The average Bonchev–Trinajstić information content (AvgIpc) is 3.14. The highest BCUT2D eigenvalue weighted by Crippen LogP contribution is 2.25. The predicted molar refractivity (Wildman–Crippen MR) is 104 cm³/mol. The van der Waals surface area contributed by atoms with E-state index in [1.54, 1.807) is 7.11 Å². The second kappa shape index (κ2) is 8.84. The molecule has 3 aromatic rings. The standard InChI is InChI=1S/C21H18N2O2S/c1-25-19-11-9-17(10-12-19)21-23-18(15-26-21)14-20(24)22-13-5-8-16-6-3-2-4-7-16/h2-4,6-7,9-12,15H,13-14H2,1H3,(H,22,24). The molecule has 1 heterocycles. The number of aromatic nitrogens is 1. The first-order chi connectivity index (χ1) is 12.7. The lowest BCUT2D eigenvalue weighted by Gasteiger charge is -2.00. The molecule has 0 aliphatic carbocycles. The fourth-order valence-corrected chi connectivity index (χ4v) is 3.12. The highest BCUT2D eigenvalue weighted by molar-refractivity contribution is 7.13. The number of nitrogens with zero attached hydrogens (tertiary/aromatic N) is 1. The quantitative estimate of drug-likeness (QED) is 0.707. The van der Waals surface area contributed by atoms with Gasteiger partial charge in [-0.3, -0.25) is 4.79 Å². The number of thiazole rings is 1. The van der Waals surface area contributed by atoms with Crippen molar-refractivity contribution >= 4 is 17.2 Å². The van der Waals surface area contributed by atoms with Crippen LogP contribution in [0.3, 0.4) is 0 Å². The molecule has 0 fully saturated rings. The van der Waals surface area contributed by atoms with Crippen molar-refractivity contribution in [3.8, 4) is 28.2 Å². The van der Waals surface area contributed by atoms with Gasteiger partial charge in [-0.05, 0) is 36.4 Å². The number of nitrogens with one attached hydrogen (secondary N) is 1. The van der Waals surface area contributed by atoms with E-state index in [1.165, 1.54) is 11.3 Å². The van der Waals surface area contributed by atoms with Gasteiger partial charge < -0.3 is 10.1 Å². The molecule has 0 aliphatic rings. The number of amides is 1. The molecule has 1 N–H and O–H groups in total. The van der Waals surface area contributed by atoms with Crippen LogP contribution < -0.4 is 10.1 Å². The highest BCUT2D eigenvalue weighted by Gasteiger charge is 2.08. The van der Waals surface area contributed by atoms with Gasteiger partial charge in [0.2, 0.25) is 5.91 Å². The van der Waals surface area contributed by atoms with Crippen molar-refractivity contribution in [2.24, 2.45) is 0 Å². The third-order valence-electron chi connectivity index (χ3n) is 3.61. The highest BCUT2D eigenvalue weighted by atomic mass is 32.1. The number of methoxy groups -OCH3 is 1. The van der Waals surface area contributed by atoms with Gasteiger partial charge in [0.1, 0.15) is 10.8 Å². The molecule has 4 nitrogen and oxygen atoms in total. The van der Waals surface area contributed by atoms with Crippen LogP contribution in [-0.4, -0.2) is 24.5 Å². The Kier molecular flexibility index (Phi) is 6.02. The second-order valence-electron chi connectivity index (χ2n) is 5.49. The van der Waals surface area contributed by atoms with Crippen molar-refractivity contribution in [2.75, 3.05) is 13.7 Å². The number of hydrogen-bond acceptors (Lipinski definition) is 4. The van der Waals surface area contributed by atoms with Crippen LogP contribution in [0.5, 0.6) is 5.75 Å². The Bertz CT molecular complexity index is 922. The fourth-order valence-electron chi connectivity index (χ4n) is 2.29. The summed E-state index contributed by atoms with van der Waals surface area (Å²) in [6.07, 6.45) is 0.250. The van der Waals surface area contributed by atoms with E-state index < -0.39 is 0 Å². The van der Waals surface area contributed by atoms with Gasteiger partial charge in [0, 0.05) is 16.5 Å². The third kappa shape index (κ3) is 4.95. The molecule has 0 saturated carbocycles. The van der Waals surface area contributed by atoms with E-state index in [9.17, 15) is 4.79 Å². The molecule has 1 amide bonds. The summed E-state index contributed by atoms with van der Waals surface area (Å²) in [6.45, 7) is 0.323. The summed E-state index contributed by atoms with van der Waals surface area (Å²) in [6, 6.07) is 17.4. The van der Waals surface area contributed by atoms with Crippen molar-refractivity contribution < 1.29 is 9.53 Å². The normalized spacial score (nSPS) is 9.88. The smallest absolute Gasteiger partial charge is 0.226 e. The number of benzene rings is 2. The van der Waals surface area contributed by atoms with Crippen LogP contribution in [0.15, 0.2) is 60.0 Å². The van der Waals surface area contributed by atoms with Crippen LogP contribution in [0.2, 0.25) is 0 Å². The van der Waals surface area contributed by atoms with E-state index in [4.69, 9.17) is 4.74 Å². The topological polar surface area (TPSA) is 51.2 Å². The van der Waals surface area contributed by atoms with Crippen LogP contribution in [-0.2, 0) is 11.2 Å². The largest absolute Gasteiger partial charge is 0.497 e. The number of ether oxygens (including phenoxy) is 1. The summed E-state index contributed by atoms with van der Waals surface area (Å²) in [4.78, 5) is 16.6. The molecular weight excluding hydrogens is 344 g/mol. The molecule has 0 bridgehead atoms. The van der Waals surface area contributed by atoms with E-state index in [0.29, 0.717) is 6.54 Å². The molecule has 2 aromatic carbocycles. The first-order valence-electron chi connectivity index (χ1n) is 8.14. The Morgan fingerprint density at radius 1 is 1.15 bits per heavy atom. The minimum Gasteiger partial charge on any atom is -0.497 e. The van der Waals surface area contributed by atoms with E-state index in [1.807, 2.05) is 60.0 Å². The minimum atomic E-state index is -0.0843. The van der Waals surface area contributed by atoms with Crippen molar-refractivity contribution in [3.63, 3.8) is 0 Å². The van der Waals surface area contributed by atoms with Gasteiger partial charge in [-0.1, -0.05) is 30.0 Å². The monoisotopic (exact) mass is 362 g/mol. The molecule has 3 rings (SSSR count). The van der Waals surface area contributed by atoms with Gasteiger partial charge >= 0.3 is 0 Å². The maximum absolute atomic E-state index is 12.0. The van der Waals surface area contributed by atoms with Crippen LogP contribution >= 0.6 is 11.3 Å². The Morgan fingerprint density at radius 3 is 2.65 bits per heavy atom. The molecule has 0 atom stereocenters. The van der Waals surface area contributed by atoms with Gasteiger partial charge in [0.15, 0.2) is 0 Å². The van der Waals surface area contributed by atoms with Crippen molar-refractivity contribution in [1.29, 1.82) is 0 Å². The summed E-state index contributed by atoms with van der Waals surface area (Å²) in [5.74, 6) is 6.68. The SMILES string of the molecule is COc1ccc(-c2nc(CC(=O)NCC#Cc3ccccc3)cs2)cc1. The lowest BCUT2D eigenvalue weighted by atomic mass is 10.2. The maximum Gasteiger partial charge on any atom is 0.226 e. The predicted octanol–water partition coefficient (Wildman–Crippen LogP) is 3.53.